The van der Waals surface area contributed by atoms with Gasteiger partial charge in [-0.05, 0) is 40.2 Å². The Morgan fingerprint density at radius 1 is 1.40 bits per heavy atom. The van der Waals surface area contributed by atoms with E-state index in [2.05, 4.69) is 0 Å². The van der Waals surface area contributed by atoms with Crippen LogP contribution in [0.3, 0.4) is 0 Å². The van der Waals surface area contributed by atoms with E-state index in [9.17, 15) is 9.90 Å². The highest BCUT2D eigenvalue weighted by Crippen LogP contribution is 2.07. The molecular weight excluding hydrogens is 192 g/mol. The predicted molar refractivity (Wildman–Crippen MR) is 61.5 cm³/mol. The molecule has 0 unspecified atom stereocenters. The van der Waals surface area contributed by atoms with Gasteiger partial charge in [0.15, 0.2) is 0 Å². The number of nitrogens with two attached hydrogens (primary N) is 1. The van der Waals surface area contributed by atoms with Gasteiger partial charge in [0.25, 0.3) is 0 Å². The number of carbonyl (C=O) groups is 1. The lowest BCUT2D eigenvalue weighted by molar-refractivity contribution is -0.134. The van der Waals surface area contributed by atoms with E-state index in [1.807, 2.05) is 6.92 Å². The molecule has 0 aromatic rings. The maximum Gasteiger partial charge on any atom is 0.222 e. The van der Waals surface area contributed by atoms with Crippen LogP contribution in [0.1, 0.15) is 40.0 Å². The highest BCUT2D eigenvalue weighted by molar-refractivity contribution is 5.76. The third-order valence-corrected chi connectivity index (χ3v) is 2.16. The SMILES string of the molecule is CCN(CC(C)(C)O)C(=O)CCCCN. The fourth-order valence-electron chi connectivity index (χ4n) is 1.42. The van der Waals surface area contributed by atoms with E-state index >= 15 is 0 Å². The van der Waals surface area contributed by atoms with Gasteiger partial charge in [-0.1, -0.05) is 0 Å². The van der Waals surface area contributed by atoms with E-state index in [0.717, 1.165) is 12.8 Å². The Kier molecular flexibility index (Phi) is 6.52. The third kappa shape index (κ3) is 7.33. The number of aliphatic hydroxyl groups is 1. The van der Waals surface area contributed by atoms with Crippen LogP contribution in [0.4, 0.5) is 0 Å². The van der Waals surface area contributed by atoms with Crippen molar-refractivity contribution in [2.24, 2.45) is 5.73 Å². The minimum Gasteiger partial charge on any atom is -0.389 e. The van der Waals surface area contributed by atoms with Gasteiger partial charge in [-0.15, -0.1) is 0 Å². The van der Waals surface area contributed by atoms with Gasteiger partial charge in [0, 0.05) is 19.5 Å². The lowest BCUT2D eigenvalue weighted by Crippen LogP contribution is -2.42. The highest BCUT2D eigenvalue weighted by atomic mass is 16.3. The first-order valence-electron chi connectivity index (χ1n) is 5.61. The Balaban J connectivity index is 4.00. The van der Waals surface area contributed by atoms with Crippen LogP contribution in [0.25, 0.3) is 0 Å². The summed E-state index contributed by atoms with van der Waals surface area (Å²) in [6.07, 6.45) is 2.24. The van der Waals surface area contributed by atoms with Gasteiger partial charge in [0.05, 0.1) is 5.60 Å². The zero-order chi connectivity index (χ0) is 11.9. The van der Waals surface area contributed by atoms with Crippen molar-refractivity contribution in [1.29, 1.82) is 0 Å². The minimum absolute atomic E-state index is 0.105. The van der Waals surface area contributed by atoms with Crippen LogP contribution >= 0.6 is 0 Å². The van der Waals surface area contributed by atoms with E-state index < -0.39 is 5.60 Å². The number of rotatable bonds is 7. The van der Waals surface area contributed by atoms with Gasteiger partial charge in [0.2, 0.25) is 5.91 Å². The summed E-state index contributed by atoms with van der Waals surface area (Å²) < 4.78 is 0. The number of nitrogens with zero attached hydrogens (tertiary/aromatic N) is 1. The van der Waals surface area contributed by atoms with Crippen molar-refractivity contribution in [3.63, 3.8) is 0 Å². The smallest absolute Gasteiger partial charge is 0.222 e. The monoisotopic (exact) mass is 216 g/mol. The van der Waals surface area contributed by atoms with Crippen LogP contribution in [0.15, 0.2) is 0 Å². The molecule has 0 bridgehead atoms. The van der Waals surface area contributed by atoms with Gasteiger partial charge < -0.3 is 15.7 Å². The summed E-state index contributed by atoms with van der Waals surface area (Å²) in [5, 5.41) is 9.63. The van der Waals surface area contributed by atoms with Crippen LogP contribution < -0.4 is 5.73 Å². The molecule has 0 saturated carbocycles. The van der Waals surface area contributed by atoms with Crippen molar-refractivity contribution in [2.45, 2.75) is 45.6 Å². The summed E-state index contributed by atoms with van der Waals surface area (Å²) in [5.41, 5.74) is 4.54. The minimum atomic E-state index is -0.820. The van der Waals surface area contributed by atoms with Gasteiger partial charge >= 0.3 is 0 Å². The van der Waals surface area contributed by atoms with Gasteiger partial charge in [-0.25, -0.2) is 0 Å². The maximum atomic E-state index is 11.7. The molecule has 0 atom stereocenters. The van der Waals surface area contributed by atoms with Crippen LogP contribution in [-0.2, 0) is 4.79 Å². The van der Waals surface area contributed by atoms with E-state index in [1.165, 1.54) is 0 Å². The molecule has 0 rings (SSSR count). The highest BCUT2D eigenvalue weighted by Gasteiger charge is 2.20. The normalized spacial score (nSPS) is 11.5. The number of hydrogen-bond donors (Lipinski definition) is 2. The Labute approximate surface area is 92.4 Å². The fourth-order valence-corrected chi connectivity index (χ4v) is 1.42. The molecule has 90 valence electrons. The summed E-state index contributed by atoms with van der Waals surface area (Å²) in [7, 11) is 0. The van der Waals surface area contributed by atoms with Crippen molar-refractivity contribution in [3.05, 3.63) is 0 Å². The topological polar surface area (TPSA) is 66.6 Å². The lowest BCUT2D eigenvalue weighted by atomic mass is 10.1. The van der Waals surface area contributed by atoms with Crippen molar-refractivity contribution in [2.75, 3.05) is 19.6 Å². The molecule has 0 saturated heterocycles. The molecule has 0 heterocycles. The summed E-state index contributed by atoms with van der Waals surface area (Å²) >= 11 is 0. The number of hydrogen-bond acceptors (Lipinski definition) is 3. The fraction of sp³-hybridized carbons (Fsp3) is 0.909. The summed E-state index contributed by atoms with van der Waals surface area (Å²) in [5.74, 6) is 0.105. The van der Waals surface area contributed by atoms with E-state index in [-0.39, 0.29) is 5.91 Å². The molecule has 0 fully saturated rings. The molecule has 0 aliphatic heterocycles. The Morgan fingerprint density at radius 3 is 2.40 bits per heavy atom. The number of carbonyl (C=O) groups excluding carboxylic acids is 1. The molecule has 3 N–H and O–H groups in total. The van der Waals surface area contributed by atoms with Crippen molar-refractivity contribution < 1.29 is 9.90 Å². The zero-order valence-corrected chi connectivity index (χ0v) is 10.1. The standard InChI is InChI=1S/C11H24N2O2/c1-4-13(9-11(2,3)15)10(14)7-5-6-8-12/h15H,4-9,12H2,1-3H3. The third-order valence-electron chi connectivity index (χ3n) is 2.16. The van der Waals surface area contributed by atoms with Crippen LogP contribution in [0.5, 0.6) is 0 Å². The maximum absolute atomic E-state index is 11.7. The first kappa shape index (κ1) is 14.4. The molecule has 0 aliphatic carbocycles. The number of amides is 1. The molecule has 0 aromatic heterocycles. The first-order valence-corrected chi connectivity index (χ1v) is 5.61. The zero-order valence-electron chi connectivity index (χ0n) is 10.1. The molecule has 15 heavy (non-hydrogen) atoms. The predicted octanol–water partition coefficient (Wildman–Crippen LogP) is 0.735. The second kappa shape index (κ2) is 6.80. The first-order chi connectivity index (χ1) is 6.90. The molecule has 4 nitrogen and oxygen atoms in total. The van der Waals surface area contributed by atoms with Crippen LogP contribution in [-0.4, -0.2) is 41.1 Å². The average Bonchev–Trinajstić information content (AvgIpc) is 2.13. The Hall–Kier alpha value is -0.610. The summed E-state index contributed by atoms with van der Waals surface area (Å²) in [6, 6.07) is 0. The van der Waals surface area contributed by atoms with Crippen LogP contribution in [0.2, 0.25) is 0 Å². The summed E-state index contributed by atoms with van der Waals surface area (Å²) in [6.45, 7) is 7.01. The van der Waals surface area contributed by atoms with Crippen LogP contribution in [0, 0.1) is 0 Å². The average molecular weight is 216 g/mol. The second-order valence-corrected chi connectivity index (χ2v) is 4.47. The molecular formula is C11H24N2O2. The van der Waals surface area contributed by atoms with E-state index in [4.69, 9.17) is 5.73 Å². The van der Waals surface area contributed by atoms with Gasteiger partial charge in [0.1, 0.15) is 0 Å². The van der Waals surface area contributed by atoms with Gasteiger partial charge in [-0.2, -0.15) is 0 Å². The number of unbranched alkanes of at least 4 members (excludes halogenated alkanes) is 1. The quantitative estimate of drug-likeness (QED) is 0.617. The molecule has 0 aliphatic rings. The Morgan fingerprint density at radius 2 is 2.00 bits per heavy atom. The van der Waals surface area contributed by atoms with Gasteiger partial charge in [-0.3, -0.25) is 4.79 Å². The molecule has 1 amide bonds. The molecule has 0 aromatic carbocycles. The summed E-state index contributed by atoms with van der Waals surface area (Å²) in [4.78, 5) is 13.4. The van der Waals surface area contributed by atoms with Crippen molar-refractivity contribution in [1.82, 2.24) is 4.90 Å². The largest absolute Gasteiger partial charge is 0.389 e. The molecule has 0 spiro atoms. The Bertz CT molecular complexity index is 188. The molecule has 4 heteroatoms. The molecule has 0 radical (unpaired) electrons. The lowest BCUT2D eigenvalue weighted by Gasteiger charge is -2.28. The van der Waals surface area contributed by atoms with E-state index in [0.29, 0.717) is 26.1 Å². The number of likely N-dealkylation sites (N-methyl/N-ethyl adjacent to an activating group) is 1. The van der Waals surface area contributed by atoms with Crippen molar-refractivity contribution in [3.8, 4) is 0 Å². The second-order valence-electron chi connectivity index (χ2n) is 4.47. The van der Waals surface area contributed by atoms with E-state index in [1.54, 1.807) is 18.7 Å². The van der Waals surface area contributed by atoms with Crippen molar-refractivity contribution >= 4 is 5.91 Å².